The van der Waals surface area contributed by atoms with Gasteiger partial charge in [0.15, 0.2) is 0 Å². The molecule has 0 aromatic heterocycles. The first-order chi connectivity index (χ1) is 5.52. The minimum atomic E-state index is 0.463. The van der Waals surface area contributed by atoms with Crippen LogP contribution in [-0.2, 0) is 0 Å². The molecule has 0 fully saturated rings. The summed E-state index contributed by atoms with van der Waals surface area (Å²) < 4.78 is 0. The van der Waals surface area contributed by atoms with Crippen molar-refractivity contribution in [2.75, 3.05) is 5.88 Å². The van der Waals surface area contributed by atoms with Crippen LogP contribution in [0.1, 0.15) is 40.5 Å². The molecule has 0 aliphatic rings. The lowest BCUT2D eigenvalue weighted by atomic mass is 9.81. The van der Waals surface area contributed by atoms with Gasteiger partial charge in [-0.2, -0.15) is 0 Å². The Hall–Kier alpha value is 0.507. The molecule has 0 N–H and O–H groups in total. The summed E-state index contributed by atoms with van der Waals surface area (Å²) in [6.45, 7) is 9.24. The van der Waals surface area contributed by atoms with Crippen LogP contribution in [0.25, 0.3) is 0 Å². The predicted molar refractivity (Wildman–Crippen MR) is 62.3 cm³/mol. The van der Waals surface area contributed by atoms with Crippen molar-refractivity contribution in [2.45, 2.75) is 45.6 Å². The van der Waals surface area contributed by atoms with Crippen molar-refractivity contribution in [3.05, 3.63) is 0 Å². The highest BCUT2D eigenvalue weighted by Crippen LogP contribution is 2.44. The minimum Gasteiger partial charge on any atom is -0.126 e. The molecular weight excluding hydrogens is 184 g/mol. The van der Waals surface area contributed by atoms with Gasteiger partial charge in [0.25, 0.3) is 0 Å². The molecule has 0 bridgehead atoms. The van der Waals surface area contributed by atoms with Crippen molar-refractivity contribution in [3.8, 4) is 0 Å². The van der Waals surface area contributed by atoms with Gasteiger partial charge in [-0.05, 0) is 16.9 Å². The highest BCUT2D eigenvalue weighted by Gasteiger charge is 2.33. The Kier molecular flexibility index (Phi) is 5.51. The first kappa shape index (κ1) is 12.5. The largest absolute Gasteiger partial charge is 0.126 e. The molecule has 2 unspecified atom stereocenters. The lowest BCUT2D eigenvalue weighted by Crippen LogP contribution is -2.30. The third-order valence-corrected chi connectivity index (χ3v) is 7.11. The van der Waals surface area contributed by atoms with Crippen molar-refractivity contribution in [2.24, 2.45) is 11.8 Å². The van der Waals surface area contributed by atoms with Crippen LogP contribution in [-0.4, -0.2) is 16.1 Å². The van der Waals surface area contributed by atoms with Crippen LogP contribution in [0.3, 0.4) is 0 Å². The van der Waals surface area contributed by atoms with Crippen LogP contribution >= 0.6 is 11.6 Å². The summed E-state index contributed by atoms with van der Waals surface area (Å²) in [4.78, 5) is 0. The molecule has 0 aromatic carbocycles. The molecule has 0 amide bonds. The molecule has 0 aliphatic heterocycles. The lowest BCUT2D eigenvalue weighted by Gasteiger charge is -2.39. The van der Waals surface area contributed by atoms with Gasteiger partial charge in [-0.3, -0.25) is 0 Å². The number of halogens is 1. The summed E-state index contributed by atoms with van der Waals surface area (Å²) in [6, 6.07) is 0. The van der Waals surface area contributed by atoms with E-state index in [1.165, 1.54) is 23.1 Å². The second-order valence-corrected chi connectivity index (χ2v) is 6.39. The molecule has 0 saturated carbocycles. The van der Waals surface area contributed by atoms with Crippen LogP contribution in [0, 0.1) is 11.8 Å². The smallest absolute Gasteiger partial charge is 0.0252 e. The lowest BCUT2D eigenvalue weighted by molar-refractivity contribution is 0.292. The SMILES string of the molecule is CCC(C)C([SiH3])(CCl)C(C)CC. The quantitative estimate of drug-likeness (QED) is 0.480. The number of hydrogen-bond donors (Lipinski definition) is 0. The van der Waals surface area contributed by atoms with E-state index in [9.17, 15) is 0 Å². The van der Waals surface area contributed by atoms with E-state index >= 15 is 0 Å². The van der Waals surface area contributed by atoms with Crippen LogP contribution in [0.5, 0.6) is 0 Å². The Morgan fingerprint density at radius 3 is 1.67 bits per heavy atom. The van der Waals surface area contributed by atoms with E-state index in [2.05, 4.69) is 27.7 Å². The molecule has 0 radical (unpaired) electrons. The molecule has 0 saturated heterocycles. The average Bonchev–Trinajstić information content (AvgIpc) is 2.13. The van der Waals surface area contributed by atoms with E-state index in [4.69, 9.17) is 11.6 Å². The highest BCUT2D eigenvalue weighted by molar-refractivity contribution is 6.26. The van der Waals surface area contributed by atoms with Gasteiger partial charge >= 0.3 is 0 Å². The fourth-order valence-corrected chi connectivity index (χ4v) is 3.03. The number of rotatable bonds is 5. The van der Waals surface area contributed by atoms with Crippen LogP contribution in [0.4, 0.5) is 0 Å². The van der Waals surface area contributed by atoms with Crippen molar-refractivity contribution in [1.82, 2.24) is 0 Å². The van der Waals surface area contributed by atoms with Crippen molar-refractivity contribution >= 4 is 21.8 Å². The maximum absolute atomic E-state index is 6.09. The first-order valence-electron chi connectivity index (χ1n) is 5.08. The summed E-state index contributed by atoms with van der Waals surface area (Å²) in [5, 5.41) is 0.463. The van der Waals surface area contributed by atoms with Gasteiger partial charge in [-0.15, -0.1) is 11.6 Å². The van der Waals surface area contributed by atoms with Crippen molar-refractivity contribution in [3.63, 3.8) is 0 Å². The molecular formula is C10H23ClSi. The van der Waals surface area contributed by atoms with E-state index in [1.54, 1.807) is 0 Å². The zero-order valence-corrected chi connectivity index (χ0v) is 11.9. The summed E-state index contributed by atoms with van der Waals surface area (Å²) in [6.07, 6.45) is 2.53. The molecule has 0 heterocycles. The van der Waals surface area contributed by atoms with Crippen LogP contribution in [0.2, 0.25) is 5.04 Å². The molecule has 2 heteroatoms. The van der Waals surface area contributed by atoms with Crippen LogP contribution in [0.15, 0.2) is 0 Å². The fraction of sp³-hybridized carbons (Fsp3) is 1.00. The standard InChI is InChI=1S/C10H23ClSi/c1-5-8(3)10(12,7-11)9(4)6-2/h8-9H,5-7H2,1-4,12H3. The van der Waals surface area contributed by atoms with Crippen molar-refractivity contribution < 1.29 is 0 Å². The molecule has 0 rings (SSSR count). The average molecular weight is 207 g/mol. The van der Waals surface area contributed by atoms with E-state index < -0.39 is 0 Å². The molecule has 74 valence electrons. The molecule has 0 aliphatic carbocycles. The second kappa shape index (κ2) is 5.28. The van der Waals surface area contributed by atoms with E-state index in [1.807, 2.05) is 0 Å². The summed E-state index contributed by atoms with van der Waals surface area (Å²) in [5.41, 5.74) is 0. The topological polar surface area (TPSA) is 0 Å². The number of alkyl halides is 1. The zero-order valence-electron chi connectivity index (χ0n) is 9.15. The summed E-state index contributed by atoms with van der Waals surface area (Å²) in [5.74, 6) is 2.43. The summed E-state index contributed by atoms with van der Waals surface area (Å²) in [7, 11) is 1.22. The van der Waals surface area contributed by atoms with Gasteiger partial charge in [0, 0.05) is 16.1 Å². The van der Waals surface area contributed by atoms with E-state index in [0.29, 0.717) is 5.04 Å². The maximum atomic E-state index is 6.09. The Morgan fingerprint density at radius 1 is 1.17 bits per heavy atom. The molecule has 0 aromatic rings. The Bertz CT molecular complexity index is 115. The molecule has 2 atom stereocenters. The Morgan fingerprint density at radius 2 is 1.50 bits per heavy atom. The number of hydrogen-bond acceptors (Lipinski definition) is 0. The predicted octanol–water partition coefficient (Wildman–Crippen LogP) is 2.84. The monoisotopic (exact) mass is 206 g/mol. The zero-order chi connectivity index (χ0) is 9.78. The highest BCUT2D eigenvalue weighted by atomic mass is 35.5. The van der Waals surface area contributed by atoms with E-state index in [-0.39, 0.29) is 0 Å². The van der Waals surface area contributed by atoms with Crippen LogP contribution < -0.4 is 0 Å². The van der Waals surface area contributed by atoms with Gasteiger partial charge in [0.1, 0.15) is 0 Å². The fourth-order valence-electron chi connectivity index (χ4n) is 1.68. The van der Waals surface area contributed by atoms with Gasteiger partial charge < -0.3 is 0 Å². The normalized spacial score (nSPS) is 21.8. The minimum absolute atomic E-state index is 0.463. The Balaban J connectivity index is 4.42. The molecule has 0 nitrogen and oxygen atoms in total. The molecule has 12 heavy (non-hydrogen) atoms. The second-order valence-electron chi connectivity index (χ2n) is 4.26. The molecule has 0 spiro atoms. The third kappa shape index (κ3) is 2.50. The van der Waals surface area contributed by atoms with Gasteiger partial charge in [0.2, 0.25) is 0 Å². The van der Waals surface area contributed by atoms with Crippen molar-refractivity contribution in [1.29, 1.82) is 0 Å². The maximum Gasteiger partial charge on any atom is 0.0252 e. The summed E-state index contributed by atoms with van der Waals surface area (Å²) >= 11 is 6.09. The Labute approximate surface area is 85.5 Å². The van der Waals surface area contributed by atoms with E-state index in [0.717, 1.165) is 17.7 Å². The van der Waals surface area contributed by atoms with Gasteiger partial charge in [-0.25, -0.2) is 0 Å². The van der Waals surface area contributed by atoms with Gasteiger partial charge in [0.05, 0.1) is 0 Å². The third-order valence-electron chi connectivity index (χ3n) is 3.76. The van der Waals surface area contributed by atoms with Gasteiger partial charge in [-0.1, -0.05) is 40.5 Å². The first-order valence-corrected chi connectivity index (χ1v) is 6.62.